The molecule has 5 nitrogen and oxygen atoms in total. The first-order valence-electron chi connectivity index (χ1n) is 6.61. The van der Waals surface area contributed by atoms with Crippen molar-refractivity contribution in [1.29, 1.82) is 0 Å². The molecule has 2 amide bonds. The first-order chi connectivity index (χ1) is 10.1. The van der Waals surface area contributed by atoms with E-state index in [1.165, 1.54) is 10.4 Å². The Morgan fingerprint density at radius 3 is 2.81 bits per heavy atom. The molecule has 0 radical (unpaired) electrons. The molecule has 2 heterocycles. The zero-order valence-electron chi connectivity index (χ0n) is 12.4. The fraction of sp³-hybridized carbons (Fsp3) is 0.333. The number of nitrogens with zero attached hydrogens (tertiary/aromatic N) is 2. The highest BCUT2D eigenvalue weighted by Crippen LogP contribution is 2.17. The lowest BCUT2D eigenvalue weighted by Gasteiger charge is -2.17. The van der Waals surface area contributed by atoms with E-state index in [-0.39, 0.29) is 6.03 Å². The molecule has 0 atom stereocenters. The van der Waals surface area contributed by atoms with E-state index < -0.39 is 0 Å². The highest BCUT2D eigenvalue weighted by Gasteiger charge is 2.10. The normalized spacial score (nSPS) is 10.2. The van der Waals surface area contributed by atoms with E-state index in [2.05, 4.69) is 23.3 Å². The van der Waals surface area contributed by atoms with E-state index in [1.807, 2.05) is 11.4 Å². The molecule has 0 unspecified atom stereocenters. The second kappa shape index (κ2) is 7.08. The van der Waals surface area contributed by atoms with E-state index >= 15 is 0 Å². The molecule has 2 aromatic rings. The number of pyridine rings is 1. The van der Waals surface area contributed by atoms with Crippen molar-refractivity contribution in [3.63, 3.8) is 0 Å². The van der Waals surface area contributed by atoms with Crippen LogP contribution in [0.15, 0.2) is 29.8 Å². The summed E-state index contributed by atoms with van der Waals surface area (Å²) in [6.07, 6.45) is 1.70. The monoisotopic (exact) mass is 305 g/mol. The lowest BCUT2D eigenvalue weighted by molar-refractivity contribution is 0.207. The number of ether oxygens (including phenoxy) is 1. The van der Waals surface area contributed by atoms with Crippen molar-refractivity contribution in [2.75, 3.05) is 14.2 Å². The van der Waals surface area contributed by atoms with Gasteiger partial charge in [0.25, 0.3) is 0 Å². The van der Waals surface area contributed by atoms with Crippen LogP contribution in [0.25, 0.3) is 0 Å². The van der Waals surface area contributed by atoms with Gasteiger partial charge in [-0.05, 0) is 29.5 Å². The van der Waals surface area contributed by atoms with Crippen molar-refractivity contribution in [3.8, 4) is 5.88 Å². The summed E-state index contributed by atoms with van der Waals surface area (Å²) in [5.74, 6) is 0.565. The van der Waals surface area contributed by atoms with Crippen molar-refractivity contribution in [2.45, 2.75) is 20.0 Å². The SMILES string of the molecule is COc1ccc(CNC(=O)N(C)Cc2sccc2C)cn1. The zero-order valence-corrected chi connectivity index (χ0v) is 13.2. The number of hydrogen-bond acceptors (Lipinski definition) is 4. The van der Waals surface area contributed by atoms with Gasteiger partial charge in [-0.25, -0.2) is 9.78 Å². The van der Waals surface area contributed by atoms with E-state index in [0.29, 0.717) is 19.0 Å². The molecule has 0 aliphatic carbocycles. The Balaban J connectivity index is 1.84. The van der Waals surface area contributed by atoms with Crippen LogP contribution in [-0.4, -0.2) is 30.1 Å². The van der Waals surface area contributed by atoms with Crippen LogP contribution in [0.1, 0.15) is 16.0 Å². The Morgan fingerprint density at radius 1 is 1.43 bits per heavy atom. The first kappa shape index (κ1) is 15.3. The van der Waals surface area contributed by atoms with Gasteiger partial charge in [0, 0.05) is 30.7 Å². The van der Waals surface area contributed by atoms with Gasteiger partial charge in [-0.1, -0.05) is 6.07 Å². The van der Waals surface area contributed by atoms with Crippen LogP contribution >= 0.6 is 11.3 Å². The fourth-order valence-electron chi connectivity index (χ4n) is 1.80. The number of urea groups is 1. The summed E-state index contributed by atoms with van der Waals surface area (Å²) in [6, 6.07) is 5.63. The Kier molecular flexibility index (Phi) is 5.16. The van der Waals surface area contributed by atoms with Gasteiger partial charge in [0.2, 0.25) is 5.88 Å². The molecule has 2 aromatic heterocycles. The summed E-state index contributed by atoms with van der Waals surface area (Å²) >= 11 is 1.67. The van der Waals surface area contributed by atoms with Gasteiger partial charge in [-0.2, -0.15) is 0 Å². The maximum absolute atomic E-state index is 12.1. The van der Waals surface area contributed by atoms with E-state index in [9.17, 15) is 4.79 Å². The number of aromatic nitrogens is 1. The van der Waals surface area contributed by atoms with Gasteiger partial charge >= 0.3 is 6.03 Å². The molecule has 6 heteroatoms. The van der Waals surface area contributed by atoms with Gasteiger partial charge in [-0.15, -0.1) is 11.3 Å². The number of amides is 2. The maximum atomic E-state index is 12.1. The van der Waals surface area contributed by atoms with Crippen LogP contribution in [0.3, 0.4) is 0 Å². The lowest BCUT2D eigenvalue weighted by Crippen LogP contribution is -2.36. The average Bonchev–Trinajstić information content (AvgIpc) is 2.90. The topological polar surface area (TPSA) is 54.5 Å². The summed E-state index contributed by atoms with van der Waals surface area (Å²) in [6.45, 7) is 3.13. The number of carbonyl (C=O) groups is 1. The molecule has 0 bridgehead atoms. The third kappa shape index (κ3) is 4.19. The molecule has 2 rings (SSSR count). The Morgan fingerprint density at radius 2 is 2.24 bits per heavy atom. The number of hydrogen-bond donors (Lipinski definition) is 1. The minimum absolute atomic E-state index is 0.0985. The van der Waals surface area contributed by atoms with Crippen molar-refractivity contribution in [1.82, 2.24) is 15.2 Å². The first-order valence-corrected chi connectivity index (χ1v) is 7.49. The molecular formula is C15H19N3O2S. The highest BCUT2D eigenvalue weighted by molar-refractivity contribution is 7.10. The number of carbonyl (C=O) groups excluding carboxylic acids is 1. The van der Waals surface area contributed by atoms with Gasteiger partial charge in [-0.3, -0.25) is 0 Å². The molecular weight excluding hydrogens is 286 g/mol. The molecule has 0 aliphatic rings. The number of thiophene rings is 1. The van der Waals surface area contributed by atoms with Crippen LogP contribution in [-0.2, 0) is 13.1 Å². The smallest absolute Gasteiger partial charge is 0.317 e. The van der Waals surface area contributed by atoms with Gasteiger partial charge in [0.1, 0.15) is 0 Å². The molecule has 0 saturated heterocycles. The van der Waals surface area contributed by atoms with E-state index in [1.54, 1.807) is 42.7 Å². The second-order valence-corrected chi connectivity index (χ2v) is 5.75. The molecule has 0 saturated carbocycles. The molecule has 0 aliphatic heterocycles. The Hall–Kier alpha value is -2.08. The Labute approximate surface area is 128 Å². The third-order valence-corrected chi connectivity index (χ3v) is 4.15. The largest absolute Gasteiger partial charge is 0.481 e. The zero-order chi connectivity index (χ0) is 15.2. The number of methoxy groups -OCH3 is 1. The summed E-state index contributed by atoms with van der Waals surface area (Å²) < 4.78 is 5.00. The number of rotatable bonds is 5. The number of nitrogens with one attached hydrogen (secondary N) is 1. The van der Waals surface area contributed by atoms with Crippen LogP contribution in [0.5, 0.6) is 5.88 Å². The summed E-state index contributed by atoms with van der Waals surface area (Å²) in [4.78, 5) is 19.0. The van der Waals surface area contributed by atoms with Crippen LogP contribution in [0.2, 0.25) is 0 Å². The van der Waals surface area contributed by atoms with Crippen molar-refractivity contribution >= 4 is 17.4 Å². The van der Waals surface area contributed by atoms with Gasteiger partial charge < -0.3 is 15.0 Å². The summed E-state index contributed by atoms with van der Waals surface area (Å²) in [7, 11) is 3.37. The predicted molar refractivity (Wildman–Crippen MR) is 83.5 cm³/mol. The van der Waals surface area contributed by atoms with Gasteiger partial charge in [0.15, 0.2) is 0 Å². The summed E-state index contributed by atoms with van der Waals surface area (Å²) in [5, 5.41) is 4.92. The molecule has 0 spiro atoms. The van der Waals surface area contributed by atoms with E-state index in [0.717, 1.165) is 5.56 Å². The molecule has 0 fully saturated rings. The van der Waals surface area contributed by atoms with Crippen molar-refractivity contribution in [3.05, 3.63) is 45.8 Å². The van der Waals surface area contributed by atoms with E-state index in [4.69, 9.17) is 4.74 Å². The van der Waals surface area contributed by atoms with Gasteiger partial charge in [0.05, 0.1) is 13.7 Å². The fourth-order valence-corrected chi connectivity index (χ4v) is 2.76. The van der Waals surface area contributed by atoms with Crippen LogP contribution in [0, 0.1) is 6.92 Å². The standard InChI is InChI=1S/C15H19N3O2S/c1-11-6-7-21-13(11)10-18(2)15(19)17-9-12-4-5-14(20-3)16-8-12/h4-8H,9-10H2,1-3H3,(H,17,19). The van der Waals surface area contributed by atoms with Crippen molar-refractivity contribution < 1.29 is 9.53 Å². The minimum Gasteiger partial charge on any atom is -0.481 e. The van der Waals surface area contributed by atoms with Crippen LogP contribution in [0.4, 0.5) is 4.79 Å². The Bertz CT molecular complexity index is 595. The average molecular weight is 305 g/mol. The molecule has 21 heavy (non-hydrogen) atoms. The third-order valence-electron chi connectivity index (χ3n) is 3.15. The summed E-state index contributed by atoms with van der Waals surface area (Å²) in [5.41, 5.74) is 2.16. The molecule has 112 valence electrons. The molecule has 1 N–H and O–H groups in total. The van der Waals surface area contributed by atoms with Crippen LogP contribution < -0.4 is 10.1 Å². The predicted octanol–water partition coefficient (Wildman–Crippen LogP) is 2.80. The number of aryl methyl sites for hydroxylation is 1. The maximum Gasteiger partial charge on any atom is 0.317 e. The molecule has 0 aromatic carbocycles. The minimum atomic E-state index is -0.0985. The second-order valence-electron chi connectivity index (χ2n) is 4.75. The van der Waals surface area contributed by atoms with Crippen molar-refractivity contribution in [2.24, 2.45) is 0 Å². The highest BCUT2D eigenvalue weighted by atomic mass is 32.1. The lowest BCUT2D eigenvalue weighted by atomic mass is 10.3. The quantitative estimate of drug-likeness (QED) is 0.924.